The van der Waals surface area contributed by atoms with Crippen molar-refractivity contribution < 1.29 is 8.95 Å². The molecule has 0 fully saturated rings. The Hall–Kier alpha value is -1.82. The average molecular weight is 265 g/mol. The highest BCUT2D eigenvalue weighted by Gasteiger charge is 2.09. The van der Waals surface area contributed by atoms with Crippen LogP contribution in [0.15, 0.2) is 41.6 Å². The summed E-state index contributed by atoms with van der Waals surface area (Å²) in [5.41, 5.74) is 6.35. The van der Waals surface area contributed by atoms with Gasteiger partial charge in [0.05, 0.1) is 29.3 Å². The molecule has 0 aliphatic carbocycles. The molecule has 2 rings (SSSR count). The van der Waals surface area contributed by atoms with Crippen LogP contribution in [0, 0.1) is 0 Å². The molecule has 0 amide bonds. The minimum Gasteiger partial charge on any atom is -0.497 e. The van der Waals surface area contributed by atoms with Gasteiger partial charge in [-0.15, -0.1) is 0 Å². The van der Waals surface area contributed by atoms with Gasteiger partial charge in [0, 0.05) is 23.8 Å². The van der Waals surface area contributed by atoms with Gasteiger partial charge in [-0.25, -0.2) is 0 Å². The average Bonchev–Trinajstić information content (AvgIpc) is 2.89. The van der Waals surface area contributed by atoms with E-state index in [-0.39, 0.29) is 0 Å². The molecule has 96 valence electrons. The second-order valence-electron chi connectivity index (χ2n) is 3.72. The van der Waals surface area contributed by atoms with Gasteiger partial charge in [0.15, 0.2) is 0 Å². The Morgan fingerprint density at radius 1 is 1.50 bits per heavy atom. The summed E-state index contributed by atoms with van der Waals surface area (Å²) < 4.78 is 19.0. The largest absolute Gasteiger partial charge is 0.497 e. The molecule has 0 saturated heterocycles. The summed E-state index contributed by atoms with van der Waals surface area (Å²) in [6, 6.07) is 7.01. The van der Waals surface area contributed by atoms with Gasteiger partial charge in [0.2, 0.25) is 0 Å². The van der Waals surface area contributed by atoms with E-state index in [1.54, 1.807) is 36.2 Å². The number of nitrogens with zero attached hydrogens (tertiary/aromatic N) is 2. The van der Waals surface area contributed by atoms with Crippen LogP contribution in [0.3, 0.4) is 0 Å². The molecule has 2 aromatic rings. The summed E-state index contributed by atoms with van der Waals surface area (Å²) in [4.78, 5) is 0.613. The van der Waals surface area contributed by atoms with Gasteiger partial charge in [-0.05, 0) is 24.3 Å². The number of hydrogen-bond donors (Lipinski definition) is 1. The van der Waals surface area contributed by atoms with E-state index in [1.165, 1.54) is 0 Å². The molecule has 1 atom stereocenters. The van der Waals surface area contributed by atoms with Crippen molar-refractivity contribution in [2.45, 2.75) is 11.4 Å². The zero-order valence-electron chi connectivity index (χ0n) is 10.1. The van der Waals surface area contributed by atoms with Crippen molar-refractivity contribution in [1.82, 2.24) is 9.78 Å². The van der Waals surface area contributed by atoms with Gasteiger partial charge in [0.25, 0.3) is 0 Å². The lowest BCUT2D eigenvalue weighted by Gasteiger charge is -2.08. The Labute approximate surface area is 108 Å². The fourth-order valence-electron chi connectivity index (χ4n) is 1.56. The summed E-state index contributed by atoms with van der Waals surface area (Å²) in [6.45, 7) is 0.594. The summed E-state index contributed by atoms with van der Waals surface area (Å²) in [5, 5.41) is 4.06. The van der Waals surface area contributed by atoms with Gasteiger partial charge in [0.1, 0.15) is 5.75 Å². The molecular weight excluding hydrogens is 250 g/mol. The molecule has 0 bridgehead atoms. The van der Waals surface area contributed by atoms with Crippen LogP contribution in [0.4, 0.5) is 5.69 Å². The molecule has 0 aliphatic rings. The minimum absolute atomic E-state index is 0.471. The van der Waals surface area contributed by atoms with Gasteiger partial charge in [-0.2, -0.15) is 5.10 Å². The van der Waals surface area contributed by atoms with E-state index in [2.05, 4.69) is 5.10 Å². The van der Waals surface area contributed by atoms with Crippen LogP contribution >= 0.6 is 0 Å². The molecule has 0 spiro atoms. The van der Waals surface area contributed by atoms with Crippen LogP contribution < -0.4 is 10.5 Å². The number of rotatable bonds is 5. The lowest BCUT2D eigenvalue weighted by atomic mass is 10.3. The zero-order chi connectivity index (χ0) is 13.0. The van der Waals surface area contributed by atoms with Crippen LogP contribution in [0.5, 0.6) is 5.75 Å². The van der Waals surface area contributed by atoms with Crippen LogP contribution in [0.25, 0.3) is 0 Å². The first-order chi connectivity index (χ1) is 8.70. The first kappa shape index (κ1) is 12.6. The van der Waals surface area contributed by atoms with E-state index in [0.717, 1.165) is 0 Å². The molecule has 2 N–H and O–H groups in total. The molecular formula is C12H15N3O2S. The lowest BCUT2D eigenvalue weighted by molar-refractivity contribution is 0.413. The molecule has 0 saturated carbocycles. The SMILES string of the molecule is COc1ccc(N)c(S(=O)CCn2cccn2)c1. The predicted octanol–water partition coefficient (Wildman–Crippen LogP) is 1.28. The van der Waals surface area contributed by atoms with Crippen molar-refractivity contribution in [2.24, 2.45) is 0 Å². The molecule has 18 heavy (non-hydrogen) atoms. The number of ether oxygens (including phenoxy) is 1. The Kier molecular flexibility index (Phi) is 3.99. The van der Waals surface area contributed by atoms with E-state index >= 15 is 0 Å². The molecule has 5 nitrogen and oxygen atoms in total. The summed E-state index contributed by atoms with van der Waals surface area (Å²) in [6.07, 6.45) is 3.54. The third-order valence-electron chi connectivity index (χ3n) is 2.53. The highest BCUT2D eigenvalue weighted by molar-refractivity contribution is 7.85. The van der Waals surface area contributed by atoms with Crippen molar-refractivity contribution >= 4 is 16.5 Å². The quantitative estimate of drug-likeness (QED) is 0.827. The fourth-order valence-corrected chi connectivity index (χ4v) is 2.71. The Balaban J connectivity index is 2.08. The molecule has 1 aromatic heterocycles. The second kappa shape index (κ2) is 5.68. The maximum Gasteiger partial charge on any atom is 0.120 e. The van der Waals surface area contributed by atoms with Gasteiger partial charge in [-0.1, -0.05) is 0 Å². The maximum absolute atomic E-state index is 12.2. The second-order valence-corrected chi connectivity index (χ2v) is 5.26. The highest BCUT2D eigenvalue weighted by atomic mass is 32.2. The van der Waals surface area contributed by atoms with Crippen LogP contribution in [-0.2, 0) is 17.3 Å². The fraction of sp³-hybridized carbons (Fsp3) is 0.250. The number of benzene rings is 1. The van der Waals surface area contributed by atoms with Crippen molar-refractivity contribution in [3.63, 3.8) is 0 Å². The van der Waals surface area contributed by atoms with Crippen LogP contribution in [0.1, 0.15) is 0 Å². The van der Waals surface area contributed by atoms with Crippen molar-refractivity contribution in [3.8, 4) is 5.75 Å². The third kappa shape index (κ3) is 2.89. The summed E-state index contributed by atoms with van der Waals surface area (Å²) >= 11 is 0. The smallest absolute Gasteiger partial charge is 0.120 e. The van der Waals surface area contributed by atoms with Crippen molar-refractivity contribution in [1.29, 1.82) is 0 Å². The monoisotopic (exact) mass is 265 g/mol. The first-order valence-corrected chi connectivity index (χ1v) is 6.82. The summed E-state index contributed by atoms with van der Waals surface area (Å²) in [5.74, 6) is 1.13. The standard InChI is InChI=1S/C12H15N3O2S/c1-17-10-3-4-11(13)12(9-10)18(16)8-7-15-6-2-5-14-15/h2-6,9H,7-8,13H2,1H3. The van der Waals surface area contributed by atoms with Gasteiger partial charge >= 0.3 is 0 Å². The van der Waals surface area contributed by atoms with E-state index in [9.17, 15) is 4.21 Å². The Bertz CT molecular complexity index is 540. The zero-order valence-corrected chi connectivity index (χ0v) is 10.9. The highest BCUT2D eigenvalue weighted by Crippen LogP contribution is 2.22. The maximum atomic E-state index is 12.2. The number of methoxy groups -OCH3 is 1. The van der Waals surface area contributed by atoms with Crippen LogP contribution in [-0.4, -0.2) is 26.9 Å². The molecule has 6 heteroatoms. The molecule has 0 radical (unpaired) electrons. The molecule has 1 aromatic carbocycles. The topological polar surface area (TPSA) is 70.1 Å². The molecule has 0 aliphatic heterocycles. The normalized spacial score (nSPS) is 12.3. The predicted molar refractivity (Wildman–Crippen MR) is 70.9 cm³/mol. The van der Waals surface area contributed by atoms with E-state index in [1.807, 2.05) is 12.3 Å². The molecule has 1 unspecified atom stereocenters. The van der Waals surface area contributed by atoms with Crippen molar-refractivity contribution in [3.05, 3.63) is 36.7 Å². The number of aromatic nitrogens is 2. The Morgan fingerprint density at radius 2 is 2.33 bits per heavy atom. The van der Waals surface area contributed by atoms with Gasteiger partial charge < -0.3 is 10.5 Å². The van der Waals surface area contributed by atoms with E-state index in [4.69, 9.17) is 10.5 Å². The number of anilines is 1. The third-order valence-corrected chi connectivity index (χ3v) is 3.93. The lowest BCUT2D eigenvalue weighted by Crippen LogP contribution is -2.09. The van der Waals surface area contributed by atoms with Crippen LogP contribution in [0.2, 0.25) is 0 Å². The van der Waals surface area contributed by atoms with Crippen molar-refractivity contribution in [2.75, 3.05) is 18.6 Å². The van der Waals surface area contributed by atoms with Gasteiger partial charge in [-0.3, -0.25) is 8.89 Å². The minimum atomic E-state index is -1.16. The summed E-state index contributed by atoms with van der Waals surface area (Å²) in [7, 11) is 0.414. The number of nitrogens with two attached hydrogens (primary N) is 1. The van der Waals surface area contributed by atoms with E-state index < -0.39 is 10.8 Å². The number of aryl methyl sites for hydroxylation is 1. The number of nitrogen functional groups attached to an aromatic ring is 1. The first-order valence-electron chi connectivity index (χ1n) is 5.50. The number of hydrogen-bond acceptors (Lipinski definition) is 4. The van der Waals surface area contributed by atoms with E-state index in [0.29, 0.717) is 28.6 Å². The Morgan fingerprint density at radius 3 is 3.00 bits per heavy atom. The molecule has 1 heterocycles.